The summed E-state index contributed by atoms with van der Waals surface area (Å²) in [6.45, 7) is 6.51. The summed E-state index contributed by atoms with van der Waals surface area (Å²) in [5.74, 6) is 0.910. The number of hydrogen-bond donors (Lipinski definition) is 4. The molecule has 0 radical (unpaired) electrons. The van der Waals surface area contributed by atoms with E-state index in [9.17, 15) is 9.59 Å². The van der Waals surface area contributed by atoms with Crippen molar-refractivity contribution in [1.29, 1.82) is 0 Å². The molecule has 3 rings (SSSR count). The fourth-order valence-electron chi connectivity index (χ4n) is 4.15. The van der Waals surface area contributed by atoms with Gasteiger partial charge in [0.1, 0.15) is 0 Å². The molecule has 1 aliphatic rings. The predicted molar refractivity (Wildman–Crippen MR) is 128 cm³/mol. The minimum absolute atomic E-state index is 0.124. The summed E-state index contributed by atoms with van der Waals surface area (Å²) in [7, 11) is 0. The van der Waals surface area contributed by atoms with Gasteiger partial charge in [0.05, 0.1) is 0 Å². The van der Waals surface area contributed by atoms with Gasteiger partial charge in [-0.15, -0.1) is 0 Å². The fraction of sp³-hybridized carbons (Fsp3) is 0.462. The number of rotatable bonds is 8. The molecule has 32 heavy (non-hydrogen) atoms. The molecule has 2 aromatic carbocycles. The molecular weight excluding hydrogens is 400 g/mol. The second kappa shape index (κ2) is 12.1. The Morgan fingerprint density at radius 2 is 1.09 bits per heavy atom. The Labute approximate surface area is 191 Å². The highest BCUT2D eigenvalue weighted by molar-refractivity contribution is 5.74. The summed E-state index contributed by atoms with van der Waals surface area (Å²) in [6, 6.07) is 16.1. The lowest BCUT2D eigenvalue weighted by atomic mass is 9.81. The number of nitrogens with one attached hydrogen (secondary N) is 4. The molecule has 1 saturated carbocycles. The standard InChI is InChI=1S/C26H36N4O2/c1-19-6-10-21(11-7-19)15-27-25(31)29-17-23-4-3-5-24(14-23)18-30-26(32)28-16-22-12-8-20(2)9-13-22/h6-13,23-24H,3-5,14-18H2,1-2H3,(H2,27,29,31)(H2,28,30,32)/t23-,24+. The average Bonchev–Trinajstić information content (AvgIpc) is 2.81. The van der Waals surface area contributed by atoms with Gasteiger partial charge in [-0.3, -0.25) is 0 Å². The van der Waals surface area contributed by atoms with Gasteiger partial charge >= 0.3 is 12.1 Å². The molecule has 4 N–H and O–H groups in total. The number of hydrogen-bond acceptors (Lipinski definition) is 2. The minimum atomic E-state index is -0.124. The zero-order valence-electron chi connectivity index (χ0n) is 19.2. The van der Waals surface area contributed by atoms with Crippen LogP contribution in [0.5, 0.6) is 0 Å². The molecule has 6 heteroatoms. The van der Waals surface area contributed by atoms with Crippen LogP contribution in [0.15, 0.2) is 48.5 Å². The highest BCUT2D eigenvalue weighted by Crippen LogP contribution is 2.28. The number of urea groups is 2. The summed E-state index contributed by atoms with van der Waals surface area (Å²) in [5.41, 5.74) is 4.61. The van der Waals surface area contributed by atoms with Gasteiger partial charge in [0.25, 0.3) is 0 Å². The quantitative estimate of drug-likeness (QED) is 0.494. The van der Waals surface area contributed by atoms with Gasteiger partial charge in [-0.2, -0.15) is 0 Å². The number of amides is 4. The Balaban J connectivity index is 1.30. The second-order valence-electron chi connectivity index (χ2n) is 9.00. The van der Waals surface area contributed by atoms with Crippen molar-refractivity contribution in [2.24, 2.45) is 11.8 Å². The molecule has 0 spiro atoms. The smallest absolute Gasteiger partial charge is 0.315 e. The summed E-state index contributed by atoms with van der Waals surface area (Å²) < 4.78 is 0. The topological polar surface area (TPSA) is 82.3 Å². The van der Waals surface area contributed by atoms with Crippen LogP contribution in [-0.4, -0.2) is 25.2 Å². The molecule has 0 aromatic heterocycles. The van der Waals surface area contributed by atoms with Crippen molar-refractivity contribution in [3.63, 3.8) is 0 Å². The van der Waals surface area contributed by atoms with E-state index in [1.807, 2.05) is 48.5 Å². The van der Waals surface area contributed by atoms with Crippen LogP contribution in [0, 0.1) is 25.7 Å². The second-order valence-corrected chi connectivity index (χ2v) is 9.00. The van der Waals surface area contributed by atoms with Gasteiger partial charge in [0.15, 0.2) is 0 Å². The van der Waals surface area contributed by atoms with E-state index in [-0.39, 0.29) is 12.1 Å². The molecule has 0 aliphatic heterocycles. The maximum atomic E-state index is 12.1. The molecular formula is C26H36N4O2. The van der Waals surface area contributed by atoms with Gasteiger partial charge in [0, 0.05) is 26.2 Å². The first kappa shape index (κ1) is 23.6. The summed E-state index contributed by atoms with van der Waals surface area (Å²) >= 11 is 0. The van der Waals surface area contributed by atoms with Crippen molar-refractivity contribution < 1.29 is 9.59 Å². The van der Waals surface area contributed by atoms with Crippen molar-refractivity contribution in [3.05, 3.63) is 70.8 Å². The van der Waals surface area contributed by atoms with E-state index in [1.54, 1.807) is 0 Å². The maximum absolute atomic E-state index is 12.1. The van der Waals surface area contributed by atoms with Crippen LogP contribution in [0.4, 0.5) is 9.59 Å². The third kappa shape index (κ3) is 8.25. The lowest BCUT2D eigenvalue weighted by Crippen LogP contribution is -2.41. The Bertz CT molecular complexity index is 793. The van der Waals surface area contributed by atoms with Gasteiger partial charge in [0.2, 0.25) is 0 Å². The third-order valence-electron chi connectivity index (χ3n) is 6.14. The van der Waals surface area contributed by atoms with E-state index in [1.165, 1.54) is 11.1 Å². The van der Waals surface area contributed by atoms with Crippen LogP contribution in [0.3, 0.4) is 0 Å². The van der Waals surface area contributed by atoms with Crippen molar-refractivity contribution in [1.82, 2.24) is 21.3 Å². The molecule has 0 bridgehead atoms. The maximum Gasteiger partial charge on any atom is 0.315 e. The molecule has 4 amide bonds. The molecule has 0 saturated heterocycles. The highest BCUT2D eigenvalue weighted by atomic mass is 16.2. The minimum Gasteiger partial charge on any atom is -0.338 e. The lowest BCUT2D eigenvalue weighted by molar-refractivity contribution is 0.221. The lowest BCUT2D eigenvalue weighted by Gasteiger charge is -2.29. The van der Waals surface area contributed by atoms with Crippen LogP contribution in [0.2, 0.25) is 0 Å². The Hall–Kier alpha value is -3.02. The molecule has 1 aliphatic carbocycles. The average molecular weight is 437 g/mol. The SMILES string of the molecule is Cc1ccc(CNC(=O)NC[C@H]2CCC[C@@H](CNC(=O)NCc3ccc(C)cc3)C2)cc1. The molecule has 172 valence electrons. The van der Waals surface area contributed by atoms with Crippen LogP contribution in [0.1, 0.15) is 47.9 Å². The number of carbonyl (C=O) groups excluding carboxylic acids is 2. The molecule has 2 aromatic rings. The largest absolute Gasteiger partial charge is 0.338 e. The number of aryl methyl sites for hydroxylation is 2. The monoisotopic (exact) mass is 436 g/mol. The zero-order valence-corrected chi connectivity index (χ0v) is 19.2. The fourth-order valence-corrected chi connectivity index (χ4v) is 4.15. The summed E-state index contributed by atoms with van der Waals surface area (Å²) in [6.07, 6.45) is 4.40. The molecule has 0 unspecified atom stereocenters. The predicted octanol–water partition coefficient (Wildman–Crippen LogP) is 4.41. The summed E-state index contributed by atoms with van der Waals surface area (Å²) in [4.78, 5) is 24.3. The van der Waals surface area contributed by atoms with Gasteiger partial charge in [-0.25, -0.2) is 9.59 Å². The van der Waals surface area contributed by atoms with Gasteiger partial charge < -0.3 is 21.3 Å². The first-order valence-corrected chi connectivity index (χ1v) is 11.6. The van der Waals surface area contributed by atoms with E-state index in [4.69, 9.17) is 0 Å². The van der Waals surface area contributed by atoms with Crippen LogP contribution in [-0.2, 0) is 13.1 Å². The zero-order chi connectivity index (χ0) is 22.8. The van der Waals surface area contributed by atoms with Crippen LogP contribution < -0.4 is 21.3 Å². The van der Waals surface area contributed by atoms with Crippen molar-refractivity contribution in [2.45, 2.75) is 52.6 Å². The van der Waals surface area contributed by atoms with E-state index >= 15 is 0 Å². The normalized spacial score (nSPS) is 17.9. The van der Waals surface area contributed by atoms with Crippen LogP contribution >= 0.6 is 0 Å². The first-order chi connectivity index (χ1) is 15.5. The Morgan fingerprint density at radius 3 is 1.50 bits per heavy atom. The number of carbonyl (C=O) groups is 2. The molecule has 1 fully saturated rings. The van der Waals surface area contributed by atoms with Gasteiger partial charge in [-0.1, -0.05) is 66.1 Å². The Kier molecular flexibility index (Phi) is 8.96. The number of benzene rings is 2. The van der Waals surface area contributed by atoms with Crippen molar-refractivity contribution in [2.75, 3.05) is 13.1 Å². The molecule has 6 nitrogen and oxygen atoms in total. The van der Waals surface area contributed by atoms with Gasteiger partial charge in [-0.05, 0) is 56.1 Å². The Morgan fingerprint density at radius 1 is 0.688 bits per heavy atom. The molecule has 0 heterocycles. The van der Waals surface area contributed by atoms with Crippen LogP contribution in [0.25, 0.3) is 0 Å². The highest BCUT2D eigenvalue weighted by Gasteiger charge is 2.22. The van der Waals surface area contributed by atoms with E-state index in [2.05, 4.69) is 35.1 Å². The summed E-state index contributed by atoms with van der Waals surface area (Å²) in [5, 5.41) is 11.9. The first-order valence-electron chi connectivity index (χ1n) is 11.6. The van der Waals surface area contributed by atoms with E-state index < -0.39 is 0 Å². The van der Waals surface area contributed by atoms with Crippen molar-refractivity contribution in [3.8, 4) is 0 Å². The third-order valence-corrected chi connectivity index (χ3v) is 6.14. The van der Waals surface area contributed by atoms with E-state index in [0.717, 1.165) is 36.8 Å². The van der Waals surface area contributed by atoms with E-state index in [0.29, 0.717) is 38.0 Å². The van der Waals surface area contributed by atoms with Crippen molar-refractivity contribution >= 4 is 12.1 Å². The molecule has 2 atom stereocenters.